The van der Waals surface area contributed by atoms with Gasteiger partial charge in [0, 0.05) is 6.20 Å². The van der Waals surface area contributed by atoms with Crippen molar-refractivity contribution in [1.82, 2.24) is 20.0 Å². The second-order valence-electron chi connectivity index (χ2n) is 4.95. The molecule has 110 valence electrons. The molecule has 0 radical (unpaired) electrons. The molecule has 6 nitrogen and oxygen atoms in total. The van der Waals surface area contributed by atoms with Gasteiger partial charge in [-0.05, 0) is 24.6 Å². The Kier molecular flexibility index (Phi) is 3.65. The van der Waals surface area contributed by atoms with E-state index in [1.54, 1.807) is 29.1 Å². The number of carboxylic acid groups (broad SMARTS) is 1. The minimum Gasteiger partial charge on any atom is -0.476 e. The summed E-state index contributed by atoms with van der Waals surface area (Å²) in [6.07, 6.45) is 1.62. The summed E-state index contributed by atoms with van der Waals surface area (Å²) in [6.45, 7) is 2.45. The van der Waals surface area contributed by atoms with E-state index in [2.05, 4.69) is 15.3 Å². The van der Waals surface area contributed by atoms with Crippen LogP contribution in [0.5, 0.6) is 0 Å². The lowest BCUT2D eigenvalue weighted by Gasteiger charge is -2.07. The van der Waals surface area contributed by atoms with Gasteiger partial charge in [0.05, 0.1) is 12.2 Å². The first-order valence-electron chi connectivity index (χ1n) is 6.79. The summed E-state index contributed by atoms with van der Waals surface area (Å²) in [4.78, 5) is 15.6. The molecular formula is C16H14N4O2. The van der Waals surface area contributed by atoms with Crippen LogP contribution in [0.4, 0.5) is 0 Å². The summed E-state index contributed by atoms with van der Waals surface area (Å²) in [5, 5.41) is 17.1. The number of pyridine rings is 1. The first-order valence-corrected chi connectivity index (χ1v) is 6.79. The predicted molar refractivity (Wildman–Crippen MR) is 80.5 cm³/mol. The largest absolute Gasteiger partial charge is 0.476 e. The van der Waals surface area contributed by atoms with Gasteiger partial charge in [-0.15, -0.1) is 5.10 Å². The molecular weight excluding hydrogens is 280 g/mol. The number of hydrogen-bond acceptors (Lipinski definition) is 4. The zero-order chi connectivity index (χ0) is 15.5. The zero-order valence-electron chi connectivity index (χ0n) is 12.0. The number of carboxylic acids is 1. The third kappa shape index (κ3) is 2.71. The number of nitrogens with zero attached hydrogens (tertiary/aromatic N) is 4. The Morgan fingerprint density at radius 2 is 2.09 bits per heavy atom. The Morgan fingerprint density at radius 1 is 1.23 bits per heavy atom. The lowest BCUT2D eigenvalue weighted by Crippen LogP contribution is -2.07. The fraction of sp³-hybridized carbons (Fsp3) is 0.125. The molecule has 6 heteroatoms. The van der Waals surface area contributed by atoms with Crippen LogP contribution < -0.4 is 0 Å². The third-order valence-corrected chi connectivity index (χ3v) is 3.26. The van der Waals surface area contributed by atoms with Gasteiger partial charge in [-0.3, -0.25) is 4.98 Å². The molecule has 2 heterocycles. The Labute approximate surface area is 127 Å². The fourth-order valence-corrected chi connectivity index (χ4v) is 2.31. The van der Waals surface area contributed by atoms with Gasteiger partial charge in [0.15, 0.2) is 5.69 Å². The van der Waals surface area contributed by atoms with Crippen LogP contribution in [-0.4, -0.2) is 31.1 Å². The van der Waals surface area contributed by atoms with E-state index in [-0.39, 0.29) is 5.69 Å². The average molecular weight is 294 g/mol. The van der Waals surface area contributed by atoms with Gasteiger partial charge in [0.1, 0.15) is 5.69 Å². The lowest BCUT2D eigenvalue weighted by atomic mass is 10.1. The molecule has 3 aromatic rings. The van der Waals surface area contributed by atoms with Crippen molar-refractivity contribution in [1.29, 1.82) is 0 Å². The fourth-order valence-electron chi connectivity index (χ4n) is 2.31. The van der Waals surface area contributed by atoms with E-state index >= 15 is 0 Å². The average Bonchev–Trinajstić information content (AvgIpc) is 2.92. The topological polar surface area (TPSA) is 80.9 Å². The van der Waals surface area contributed by atoms with Gasteiger partial charge >= 0.3 is 5.97 Å². The van der Waals surface area contributed by atoms with Crippen LogP contribution in [0.25, 0.3) is 11.4 Å². The maximum atomic E-state index is 11.4. The number of aromatic nitrogens is 4. The Balaban J connectivity index is 2.07. The van der Waals surface area contributed by atoms with Crippen LogP contribution in [0, 0.1) is 6.92 Å². The third-order valence-electron chi connectivity index (χ3n) is 3.26. The maximum Gasteiger partial charge on any atom is 0.358 e. The van der Waals surface area contributed by atoms with E-state index in [0.717, 1.165) is 11.1 Å². The monoisotopic (exact) mass is 294 g/mol. The molecule has 22 heavy (non-hydrogen) atoms. The normalized spacial score (nSPS) is 10.6. The summed E-state index contributed by atoms with van der Waals surface area (Å²) in [5.74, 6) is -1.11. The molecule has 0 aliphatic heterocycles. The van der Waals surface area contributed by atoms with Crippen LogP contribution in [0.2, 0.25) is 0 Å². The molecule has 0 saturated carbocycles. The molecule has 0 aliphatic rings. The van der Waals surface area contributed by atoms with Crippen molar-refractivity contribution in [3.8, 4) is 11.4 Å². The molecule has 0 fully saturated rings. The van der Waals surface area contributed by atoms with Crippen molar-refractivity contribution in [3.63, 3.8) is 0 Å². The van der Waals surface area contributed by atoms with Crippen LogP contribution in [-0.2, 0) is 6.54 Å². The molecule has 2 aromatic heterocycles. The van der Waals surface area contributed by atoms with Crippen molar-refractivity contribution >= 4 is 5.97 Å². The highest BCUT2D eigenvalue weighted by Gasteiger charge is 2.21. The van der Waals surface area contributed by atoms with E-state index in [0.29, 0.717) is 17.9 Å². The SMILES string of the molecule is Cc1cccc(Cn2nnc(C(=O)O)c2-c2ccccn2)c1. The standard InChI is InChI=1S/C16H14N4O2/c1-11-5-4-6-12(9-11)10-20-15(13-7-2-3-8-17-13)14(16(21)22)18-19-20/h2-9H,10H2,1H3,(H,21,22). The summed E-state index contributed by atoms with van der Waals surface area (Å²) >= 11 is 0. The number of carbonyl (C=O) groups is 1. The number of benzene rings is 1. The van der Waals surface area contributed by atoms with Crippen molar-refractivity contribution in [2.24, 2.45) is 0 Å². The van der Waals surface area contributed by atoms with Crippen molar-refractivity contribution in [3.05, 3.63) is 65.5 Å². The summed E-state index contributed by atoms with van der Waals surface area (Å²) in [7, 11) is 0. The quantitative estimate of drug-likeness (QED) is 0.799. The molecule has 0 bridgehead atoms. The van der Waals surface area contributed by atoms with Crippen molar-refractivity contribution in [2.45, 2.75) is 13.5 Å². The molecule has 0 atom stereocenters. The Bertz CT molecular complexity index is 812. The minimum absolute atomic E-state index is 0.0913. The number of aromatic carboxylic acids is 1. The van der Waals surface area contributed by atoms with Crippen molar-refractivity contribution < 1.29 is 9.90 Å². The molecule has 1 N–H and O–H groups in total. The van der Waals surface area contributed by atoms with E-state index in [1.165, 1.54) is 0 Å². The van der Waals surface area contributed by atoms with Gasteiger partial charge in [0.25, 0.3) is 0 Å². The second kappa shape index (κ2) is 5.77. The Morgan fingerprint density at radius 3 is 2.77 bits per heavy atom. The lowest BCUT2D eigenvalue weighted by molar-refractivity contribution is 0.0691. The van der Waals surface area contributed by atoms with Gasteiger partial charge in [-0.1, -0.05) is 41.1 Å². The highest BCUT2D eigenvalue weighted by Crippen LogP contribution is 2.21. The van der Waals surface area contributed by atoms with Gasteiger partial charge in [-0.2, -0.15) is 0 Å². The van der Waals surface area contributed by atoms with Crippen LogP contribution in [0.3, 0.4) is 0 Å². The highest BCUT2D eigenvalue weighted by molar-refractivity contribution is 5.92. The molecule has 0 saturated heterocycles. The zero-order valence-corrected chi connectivity index (χ0v) is 12.0. The van der Waals surface area contributed by atoms with E-state index in [4.69, 9.17) is 0 Å². The second-order valence-corrected chi connectivity index (χ2v) is 4.95. The smallest absolute Gasteiger partial charge is 0.358 e. The molecule has 0 spiro atoms. The number of rotatable bonds is 4. The van der Waals surface area contributed by atoms with Crippen molar-refractivity contribution in [2.75, 3.05) is 0 Å². The minimum atomic E-state index is -1.11. The van der Waals surface area contributed by atoms with Crippen LogP contribution in [0.1, 0.15) is 21.6 Å². The first-order chi connectivity index (χ1) is 10.6. The number of aryl methyl sites for hydroxylation is 1. The van der Waals surface area contributed by atoms with Crippen LogP contribution in [0.15, 0.2) is 48.7 Å². The predicted octanol–water partition coefficient (Wildman–Crippen LogP) is 2.40. The molecule has 0 amide bonds. The molecule has 3 rings (SSSR count). The maximum absolute atomic E-state index is 11.4. The molecule has 0 aliphatic carbocycles. The summed E-state index contributed by atoms with van der Waals surface area (Å²) in [5.41, 5.74) is 3.02. The van der Waals surface area contributed by atoms with Gasteiger partial charge in [-0.25, -0.2) is 9.48 Å². The molecule has 1 aromatic carbocycles. The van der Waals surface area contributed by atoms with Crippen LogP contribution >= 0.6 is 0 Å². The van der Waals surface area contributed by atoms with Gasteiger partial charge < -0.3 is 5.11 Å². The summed E-state index contributed by atoms with van der Waals surface area (Å²) < 4.78 is 1.57. The first kappa shape index (κ1) is 13.9. The molecule has 0 unspecified atom stereocenters. The van der Waals surface area contributed by atoms with Gasteiger partial charge in [0.2, 0.25) is 0 Å². The highest BCUT2D eigenvalue weighted by atomic mass is 16.4. The Hall–Kier alpha value is -3.02. The number of hydrogen-bond donors (Lipinski definition) is 1. The van der Waals surface area contributed by atoms with E-state index < -0.39 is 5.97 Å². The summed E-state index contributed by atoms with van der Waals surface area (Å²) in [6, 6.07) is 13.3. The van der Waals surface area contributed by atoms with E-state index in [1.807, 2.05) is 31.2 Å². The van der Waals surface area contributed by atoms with E-state index in [9.17, 15) is 9.90 Å².